The highest BCUT2D eigenvalue weighted by atomic mass is 16.5. The van der Waals surface area contributed by atoms with Crippen molar-refractivity contribution < 1.29 is 9.53 Å². The molecular formula is C16H23N5O2. The van der Waals surface area contributed by atoms with Crippen LogP contribution in [0, 0.1) is 0 Å². The van der Waals surface area contributed by atoms with Crippen molar-refractivity contribution in [3.8, 4) is 0 Å². The summed E-state index contributed by atoms with van der Waals surface area (Å²) < 4.78 is 7.56. The molecule has 0 spiro atoms. The van der Waals surface area contributed by atoms with Crippen LogP contribution in [0.5, 0.6) is 0 Å². The second-order valence-corrected chi connectivity index (χ2v) is 6.19. The molecule has 1 amide bonds. The average molecular weight is 317 g/mol. The second kappa shape index (κ2) is 6.95. The molecule has 2 aromatic heterocycles. The summed E-state index contributed by atoms with van der Waals surface area (Å²) in [4.78, 5) is 16.5. The first-order valence-electron chi connectivity index (χ1n) is 8.08. The quantitative estimate of drug-likeness (QED) is 0.849. The number of carbonyl (C=O) groups is 1. The summed E-state index contributed by atoms with van der Waals surface area (Å²) in [6.07, 6.45) is 5.94. The number of rotatable bonds is 6. The van der Waals surface area contributed by atoms with Crippen molar-refractivity contribution in [1.82, 2.24) is 25.1 Å². The molecule has 7 heteroatoms. The molecule has 124 valence electrons. The van der Waals surface area contributed by atoms with E-state index in [1.165, 1.54) is 0 Å². The van der Waals surface area contributed by atoms with E-state index in [0.29, 0.717) is 24.7 Å². The van der Waals surface area contributed by atoms with Crippen molar-refractivity contribution in [2.24, 2.45) is 0 Å². The maximum absolute atomic E-state index is 12.1. The molecule has 0 bridgehead atoms. The second-order valence-electron chi connectivity index (χ2n) is 6.19. The Bertz CT molecular complexity index is 655. The number of carbonyl (C=O) groups excluding carboxylic acids is 1. The SMILES string of the molecule is CC(C)c1nccn1Cc1cc(C(=O)NC[C@H]2CCCO2)n[nH]1. The van der Waals surface area contributed by atoms with Crippen LogP contribution in [-0.4, -0.2) is 44.9 Å². The molecule has 0 radical (unpaired) electrons. The van der Waals surface area contributed by atoms with Gasteiger partial charge >= 0.3 is 0 Å². The summed E-state index contributed by atoms with van der Waals surface area (Å²) >= 11 is 0. The summed E-state index contributed by atoms with van der Waals surface area (Å²) in [7, 11) is 0. The van der Waals surface area contributed by atoms with Gasteiger partial charge < -0.3 is 14.6 Å². The maximum atomic E-state index is 12.1. The monoisotopic (exact) mass is 317 g/mol. The van der Waals surface area contributed by atoms with Crippen molar-refractivity contribution in [2.45, 2.75) is 45.3 Å². The van der Waals surface area contributed by atoms with Crippen molar-refractivity contribution in [3.63, 3.8) is 0 Å². The highest BCUT2D eigenvalue weighted by Crippen LogP contribution is 2.14. The Morgan fingerprint density at radius 2 is 2.43 bits per heavy atom. The maximum Gasteiger partial charge on any atom is 0.271 e. The van der Waals surface area contributed by atoms with E-state index in [2.05, 4.69) is 38.9 Å². The first kappa shape index (κ1) is 15.7. The molecule has 3 heterocycles. The summed E-state index contributed by atoms with van der Waals surface area (Å²) in [5.41, 5.74) is 1.29. The summed E-state index contributed by atoms with van der Waals surface area (Å²) in [6.45, 7) is 6.17. The molecule has 2 aromatic rings. The van der Waals surface area contributed by atoms with Crippen molar-refractivity contribution >= 4 is 5.91 Å². The molecule has 1 fully saturated rings. The number of nitrogens with zero attached hydrogens (tertiary/aromatic N) is 3. The van der Waals surface area contributed by atoms with Crippen LogP contribution in [0.1, 0.15) is 54.6 Å². The highest BCUT2D eigenvalue weighted by Gasteiger charge is 2.18. The molecule has 0 aliphatic carbocycles. The molecule has 0 aromatic carbocycles. The number of ether oxygens (including phenoxy) is 1. The molecule has 1 saturated heterocycles. The van der Waals surface area contributed by atoms with Crippen LogP contribution >= 0.6 is 0 Å². The lowest BCUT2D eigenvalue weighted by atomic mass is 10.2. The van der Waals surface area contributed by atoms with Crippen LogP contribution in [0.2, 0.25) is 0 Å². The number of hydrogen-bond donors (Lipinski definition) is 2. The van der Waals surface area contributed by atoms with Gasteiger partial charge in [0, 0.05) is 31.5 Å². The Hall–Kier alpha value is -2.15. The van der Waals surface area contributed by atoms with Crippen LogP contribution in [0.25, 0.3) is 0 Å². The fourth-order valence-electron chi connectivity index (χ4n) is 2.80. The number of H-pyrrole nitrogens is 1. The number of nitrogens with one attached hydrogen (secondary N) is 2. The topological polar surface area (TPSA) is 84.8 Å². The van der Waals surface area contributed by atoms with Gasteiger partial charge in [-0.15, -0.1) is 0 Å². The largest absolute Gasteiger partial charge is 0.376 e. The molecule has 1 aliphatic rings. The van der Waals surface area contributed by atoms with Crippen LogP contribution in [0.15, 0.2) is 18.5 Å². The van der Waals surface area contributed by atoms with E-state index in [4.69, 9.17) is 4.74 Å². The molecule has 23 heavy (non-hydrogen) atoms. The third-order valence-electron chi connectivity index (χ3n) is 3.98. The standard InChI is InChI=1S/C16H23N5O2/c1-11(2)15-17-5-6-21(15)10-12-8-14(20-19-12)16(22)18-9-13-4-3-7-23-13/h5-6,8,11,13H,3-4,7,9-10H2,1-2H3,(H,18,22)(H,19,20)/t13-/m1/s1. The van der Waals surface area contributed by atoms with E-state index in [9.17, 15) is 4.79 Å². The predicted molar refractivity (Wildman–Crippen MR) is 85.3 cm³/mol. The van der Waals surface area contributed by atoms with Gasteiger partial charge in [0.15, 0.2) is 0 Å². The summed E-state index contributed by atoms with van der Waals surface area (Å²) in [5.74, 6) is 1.20. The molecule has 0 saturated carbocycles. The van der Waals surface area contributed by atoms with Gasteiger partial charge in [0.25, 0.3) is 5.91 Å². The van der Waals surface area contributed by atoms with Gasteiger partial charge in [-0.3, -0.25) is 9.89 Å². The first-order valence-corrected chi connectivity index (χ1v) is 8.08. The molecule has 2 N–H and O–H groups in total. The first-order chi connectivity index (χ1) is 11.1. The minimum Gasteiger partial charge on any atom is -0.376 e. The lowest BCUT2D eigenvalue weighted by molar-refractivity contribution is 0.0853. The number of hydrogen-bond acceptors (Lipinski definition) is 4. The van der Waals surface area contributed by atoms with Crippen molar-refractivity contribution in [3.05, 3.63) is 35.7 Å². The predicted octanol–water partition coefficient (Wildman–Crippen LogP) is 1.69. The van der Waals surface area contributed by atoms with Gasteiger partial charge in [-0.05, 0) is 18.9 Å². The van der Waals surface area contributed by atoms with E-state index in [0.717, 1.165) is 31.0 Å². The third-order valence-corrected chi connectivity index (χ3v) is 3.98. The molecule has 7 nitrogen and oxygen atoms in total. The zero-order chi connectivity index (χ0) is 16.2. The van der Waals surface area contributed by atoms with E-state index in [1.54, 1.807) is 12.3 Å². The van der Waals surface area contributed by atoms with Gasteiger partial charge in [0.2, 0.25) is 0 Å². The molecule has 3 rings (SSSR count). The van der Waals surface area contributed by atoms with E-state index < -0.39 is 0 Å². The van der Waals surface area contributed by atoms with Crippen molar-refractivity contribution in [2.75, 3.05) is 13.2 Å². The van der Waals surface area contributed by atoms with Crippen molar-refractivity contribution in [1.29, 1.82) is 0 Å². The van der Waals surface area contributed by atoms with E-state index in [1.807, 2.05) is 6.20 Å². The summed E-state index contributed by atoms with van der Waals surface area (Å²) in [6, 6.07) is 1.79. The Kier molecular flexibility index (Phi) is 4.76. The lowest BCUT2D eigenvalue weighted by Crippen LogP contribution is -2.31. The van der Waals surface area contributed by atoms with Crippen LogP contribution in [0.3, 0.4) is 0 Å². The van der Waals surface area contributed by atoms with Gasteiger partial charge in [-0.25, -0.2) is 4.98 Å². The smallest absolute Gasteiger partial charge is 0.271 e. The molecular weight excluding hydrogens is 294 g/mol. The normalized spacial score (nSPS) is 17.8. The molecule has 1 atom stereocenters. The average Bonchev–Trinajstić information content (AvgIpc) is 3.26. The van der Waals surface area contributed by atoms with Gasteiger partial charge in [0.05, 0.1) is 18.3 Å². The number of aromatic amines is 1. The molecule has 1 aliphatic heterocycles. The lowest BCUT2D eigenvalue weighted by Gasteiger charge is -2.09. The Balaban J connectivity index is 1.58. The van der Waals surface area contributed by atoms with Gasteiger partial charge in [-0.1, -0.05) is 13.8 Å². The minimum absolute atomic E-state index is 0.136. The Morgan fingerprint density at radius 3 is 3.17 bits per heavy atom. The van der Waals surface area contributed by atoms with Crippen LogP contribution in [-0.2, 0) is 11.3 Å². The zero-order valence-corrected chi connectivity index (χ0v) is 13.6. The fourth-order valence-corrected chi connectivity index (χ4v) is 2.80. The van der Waals surface area contributed by atoms with Gasteiger partial charge in [0.1, 0.15) is 11.5 Å². The molecule has 0 unspecified atom stereocenters. The number of aromatic nitrogens is 4. The van der Waals surface area contributed by atoms with Crippen LogP contribution < -0.4 is 5.32 Å². The van der Waals surface area contributed by atoms with Gasteiger partial charge in [-0.2, -0.15) is 5.10 Å². The Labute approximate surface area is 135 Å². The van der Waals surface area contributed by atoms with Crippen LogP contribution in [0.4, 0.5) is 0 Å². The van der Waals surface area contributed by atoms with E-state index >= 15 is 0 Å². The van der Waals surface area contributed by atoms with E-state index in [-0.39, 0.29) is 12.0 Å². The fraction of sp³-hybridized carbons (Fsp3) is 0.562. The highest BCUT2D eigenvalue weighted by molar-refractivity contribution is 5.92. The third kappa shape index (κ3) is 3.79. The number of imidazole rings is 1. The summed E-state index contributed by atoms with van der Waals surface area (Å²) in [5, 5.41) is 9.91. The number of amides is 1. The zero-order valence-electron chi connectivity index (χ0n) is 13.6. The minimum atomic E-state index is -0.169. The Morgan fingerprint density at radius 1 is 1.57 bits per heavy atom.